The number of hydrogen-bond donors (Lipinski definition) is 1. The van der Waals surface area contributed by atoms with Gasteiger partial charge in [0.1, 0.15) is 0 Å². The standard InChI is InChI=1S/C21H22N2O4S/c1-14-6-8-16(9-7-14)22-19(24)13-27-21(26)15-10-20(25)23(12-15)17-4-3-5-18(11-17)28-2/h3-9,11,15H,10,12-13H2,1-2H3,(H,22,24)/t15-/m1/s1. The molecule has 0 saturated carbocycles. The van der Waals surface area contributed by atoms with Crippen LogP contribution in [0.3, 0.4) is 0 Å². The molecule has 0 radical (unpaired) electrons. The predicted molar refractivity (Wildman–Crippen MR) is 109 cm³/mol. The molecule has 1 fully saturated rings. The van der Waals surface area contributed by atoms with Gasteiger partial charge in [-0.25, -0.2) is 0 Å². The second kappa shape index (κ2) is 8.93. The summed E-state index contributed by atoms with van der Waals surface area (Å²) in [7, 11) is 0. The van der Waals surface area contributed by atoms with Crippen LogP contribution in [0, 0.1) is 12.8 Å². The molecule has 28 heavy (non-hydrogen) atoms. The highest BCUT2D eigenvalue weighted by molar-refractivity contribution is 7.98. The van der Waals surface area contributed by atoms with Crippen molar-refractivity contribution in [1.29, 1.82) is 0 Å². The molecule has 0 aromatic heterocycles. The van der Waals surface area contributed by atoms with E-state index in [4.69, 9.17) is 4.74 Å². The number of benzene rings is 2. The lowest BCUT2D eigenvalue weighted by Crippen LogP contribution is -2.28. The number of carbonyl (C=O) groups excluding carboxylic acids is 3. The minimum atomic E-state index is -0.572. The van der Waals surface area contributed by atoms with Crippen LogP contribution in [-0.2, 0) is 19.1 Å². The van der Waals surface area contributed by atoms with Crippen molar-refractivity contribution in [1.82, 2.24) is 0 Å². The average Bonchev–Trinajstić information content (AvgIpc) is 3.10. The van der Waals surface area contributed by atoms with Crippen LogP contribution in [0.4, 0.5) is 11.4 Å². The Kier molecular flexibility index (Phi) is 6.36. The number of anilines is 2. The molecule has 1 atom stereocenters. The van der Waals surface area contributed by atoms with Gasteiger partial charge >= 0.3 is 5.97 Å². The Morgan fingerprint density at radius 3 is 2.68 bits per heavy atom. The van der Waals surface area contributed by atoms with Crippen molar-refractivity contribution >= 4 is 40.9 Å². The third-order valence-corrected chi connectivity index (χ3v) is 5.23. The topological polar surface area (TPSA) is 75.7 Å². The molecule has 2 aromatic carbocycles. The summed E-state index contributed by atoms with van der Waals surface area (Å²) in [4.78, 5) is 39.2. The van der Waals surface area contributed by atoms with E-state index in [-0.39, 0.29) is 25.5 Å². The molecule has 1 aliphatic rings. The van der Waals surface area contributed by atoms with Crippen LogP contribution in [-0.4, -0.2) is 37.2 Å². The van der Waals surface area contributed by atoms with Gasteiger partial charge in [-0.1, -0.05) is 23.8 Å². The van der Waals surface area contributed by atoms with E-state index in [1.165, 1.54) is 0 Å². The number of ether oxygens (including phenoxy) is 1. The van der Waals surface area contributed by atoms with Crippen LogP contribution in [0.15, 0.2) is 53.4 Å². The molecule has 146 valence electrons. The van der Waals surface area contributed by atoms with Crippen LogP contribution in [0.2, 0.25) is 0 Å². The number of thioether (sulfide) groups is 1. The summed E-state index contributed by atoms with van der Waals surface area (Å²) in [6, 6.07) is 14.9. The molecule has 3 rings (SSSR count). The van der Waals surface area contributed by atoms with Crippen molar-refractivity contribution in [3.8, 4) is 0 Å². The SMILES string of the molecule is CSc1cccc(N2C[C@H](C(=O)OCC(=O)Nc3ccc(C)cc3)CC2=O)c1. The fourth-order valence-electron chi connectivity index (χ4n) is 2.98. The van der Waals surface area contributed by atoms with Crippen LogP contribution >= 0.6 is 11.8 Å². The zero-order valence-corrected chi connectivity index (χ0v) is 16.6. The highest BCUT2D eigenvalue weighted by Crippen LogP contribution is 2.28. The van der Waals surface area contributed by atoms with Gasteiger partial charge in [0.05, 0.1) is 5.92 Å². The van der Waals surface area contributed by atoms with Crippen LogP contribution in [0.1, 0.15) is 12.0 Å². The molecule has 1 saturated heterocycles. The van der Waals surface area contributed by atoms with Crippen molar-refractivity contribution in [3.05, 3.63) is 54.1 Å². The first kappa shape index (κ1) is 19.9. The first-order valence-electron chi connectivity index (χ1n) is 8.94. The number of hydrogen-bond acceptors (Lipinski definition) is 5. The van der Waals surface area contributed by atoms with Crippen LogP contribution in [0.5, 0.6) is 0 Å². The van der Waals surface area contributed by atoms with Gasteiger partial charge < -0.3 is 15.0 Å². The lowest BCUT2D eigenvalue weighted by atomic mass is 10.1. The summed E-state index contributed by atoms with van der Waals surface area (Å²) in [6.45, 7) is 1.84. The Hall–Kier alpha value is -2.80. The Balaban J connectivity index is 1.52. The summed E-state index contributed by atoms with van der Waals surface area (Å²) in [5.74, 6) is -1.64. The van der Waals surface area contributed by atoms with Gasteiger partial charge in [0.25, 0.3) is 5.91 Å². The van der Waals surface area contributed by atoms with E-state index in [0.29, 0.717) is 5.69 Å². The third kappa shape index (κ3) is 4.92. The van der Waals surface area contributed by atoms with E-state index < -0.39 is 17.8 Å². The zero-order valence-electron chi connectivity index (χ0n) is 15.8. The van der Waals surface area contributed by atoms with Gasteiger partial charge in [-0.15, -0.1) is 11.8 Å². The summed E-state index contributed by atoms with van der Waals surface area (Å²) in [6.07, 6.45) is 2.05. The van der Waals surface area contributed by atoms with Crippen LogP contribution in [0.25, 0.3) is 0 Å². The number of rotatable bonds is 6. The second-order valence-corrected chi connectivity index (χ2v) is 7.51. The Morgan fingerprint density at radius 1 is 1.21 bits per heavy atom. The molecule has 7 heteroatoms. The Labute approximate surface area is 168 Å². The fourth-order valence-corrected chi connectivity index (χ4v) is 3.44. The molecule has 2 amide bonds. The minimum Gasteiger partial charge on any atom is -0.455 e. The number of aryl methyl sites for hydroxylation is 1. The van der Waals surface area contributed by atoms with Crippen molar-refractivity contribution in [2.45, 2.75) is 18.2 Å². The highest BCUT2D eigenvalue weighted by Gasteiger charge is 2.36. The van der Waals surface area contributed by atoms with Gasteiger partial charge in [-0.3, -0.25) is 14.4 Å². The predicted octanol–water partition coefficient (Wildman–Crippen LogP) is 3.25. The van der Waals surface area contributed by atoms with E-state index in [2.05, 4.69) is 5.32 Å². The monoisotopic (exact) mass is 398 g/mol. The van der Waals surface area contributed by atoms with Gasteiger partial charge in [0.2, 0.25) is 5.91 Å². The lowest BCUT2D eigenvalue weighted by Gasteiger charge is -2.17. The van der Waals surface area contributed by atoms with E-state index in [0.717, 1.165) is 16.1 Å². The normalized spacial score (nSPS) is 16.1. The maximum atomic E-state index is 12.3. The number of amides is 2. The maximum Gasteiger partial charge on any atom is 0.311 e. The second-order valence-electron chi connectivity index (χ2n) is 6.63. The molecule has 0 spiro atoms. The lowest BCUT2D eigenvalue weighted by molar-refractivity contribution is -0.151. The summed E-state index contributed by atoms with van der Waals surface area (Å²) < 4.78 is 5.13. The van der Waals surface area contributed by atoms with Gasteiger partial charge in [-0.05, 0) is 43.5 Å². The number of carbonyl (C=O) groups is 3. The summed E-state index contributed by atoms with van der Waals surface area (Å²) in [5, 5.41) is 2.68. The molecular weight excluding hydrogens is 376 g/mol. The van der Waals surface area contributed by atoms with E-state index in [1.54, 1.807) is 28.8 Å². The molecule has 1 heterocycles. The maximum absolute atomic E-state index is 12.3. The van der Waals surface area contributed by atoms with E-state index in [9.17, 15) is 14.4 Å². The molecule has 0 unspecified atom stereocenters. The first-order chi connectivity index (χ1) is 13.5. The molecule has 2 aromatic rings. The zero-order chi connectivity index (χ0) is 20.1. The van der Waals surface area contributed by atoms with Crippen molar-refractivity contribution < 1.29 is 19.1 Å². The average molecular weight is 398 g/mol. The third-order valence-electron chi connectivity index (χ3n) is 4.50. The quantitative estimate of drug-likeness (QED) is 0.597. The smallest absolute Gasteiger partial charge is 0.311 e. The number of nitrogens with zero attached hydrogens (tertiary/aromatic N) is 1. The van der Waals surface area contributed by atoms with E-state index >= 15 is 0 Å². The Bertz CT molecular complexity index is 882. The largest absolute Gasteiger partial charge is 0.455 e. The van der Waals surface area contributed by atoms with Gasteiger partial charge in [0, 0.05) is 29.2 Å². The molecule has 6 nitrogen and oxygen atoms in total. The molecule has 0 bridgehead atoms. The summed E-state index contributed by atoms with van der Waals surface area (Å²) >= 11 is 1.59. The summed E-state index contributed by atoms with van der Waals surface area (Å²) in [5.41, 5.74) is 2.50. The van der Waals surface area contributed by atoms with Crippen molar-refractivity contribution in [2.75, 3.05) is 29.6 Å². The Morgan fingerprint density at radius 2 is 1.96 bits per heavy atom. The minimum absolute atomic E-state index is 0.0852. The molecular formula is C21H22N2O4S. The van der Waals surface area contributed by atoms with Gasteiger partial charge in [0.15, 0.2) is 6.61 Å². The number of esters is 1. The van der Waals surface area contributed by atoms with Gasteiger partial charge in [-0.2, -0.15) is 0 Å². The molecule has 1 N–H and O–H groups in total. The number of nitrogens with one attached hydrogen (secondary N) is 1. The van der Waals surface area contributed by atoms with Crippen molar-refractivity contribution in [3.63, 3.8) is 0 Å². The molecule has 1 aliphatic heterocycles. The molecule has 0 aliphatic carbocycles. The van der Waals surface area contributed by atoms with Crippen molar-refractivity contribution in [2.24, 2.45) is 5.92 Å². The highest BCUT2D eigenvalue weighted by atomic mass is 32.2. The van der Waals surface area contributed by atoms with Crippen LogP contribution < -0.4 is 10.2 Å². The fraction of sp³-hybridized carbons (Fsp3) is 0.286. The first-order valence-corrected chi connectivity index (χ1v) is 10.2. The van der Waals surface area contributed by atoms with E-state index in [1.807, 2.05) is 49.6 Å².